The quantitative estimate of drug-likeness (QED) is 0.590. The summed E-state index contributed by atoms with van der Waals surface area (Å²) in [4.78, 5) is 11.5. The molecule has 0 radical (unpaired) electrons. The summed E-state index contributed by atoms with van der Waals surface area (Å²) in [7, 11) is 0. The molecular formula is C15H21NO2. The molecule has 98 valence electrons. The largest absolute Gasteiger partial charge is 0.445 e. The molecule has 0 bridgehead atoms. The molecule has 0 saturated carbocycles. The molecule has 0 heterocycles. The number of hydrogen-bond acceptors (Lipinski definition) is 2. The maximum atomic E-state index is 11.5. The Morgan fingerprint density at radius 1 is 1.44 bits per heavy atom. The van der Waals surface area contributed by atoms with E-state index >= 15 is 0 Å². The Balaban J connectivity index is 2.19. The number of benzene rings is 1. The van der Waals surface area contributed by atoms with Gasteiger partial charge in [-0.15, -0.1) is 6.58 Å². The van der Waals surface area contributed by atoms with Gasteiger partial charge in [0, 0.05) is 6.04 Å². The van der Waals surface area contributed by atoms with Crippen LogP contribution in [0.5, 0.6) is 0 Å². The molecule has 1 atom stereocenters. The van der Waals surface area contributed by atoms with Gasteiger partial charge in [0.2, 0.25) is 0 Å². The van der Waals surface area contributed by atoms with E-state index in [2.05, 4.69) is 11.9 Å². The van der Waals surface area contributed by atoms with Crippen molar-refractivity contribution in [1.82, 2.24) is 5.32 Å². The highest BCUT2D eigenvalue weighted by Gasteiger charge is 2.07. The molecule has 0 spiro atoms. The molecule has 3 heteroatoms. The number of alkyl carbamates (subject to hydrolysis) is 1. The summed E-state index contributed by atoms with van der Waals surface area (Å²) < 4.78 is 5.13. The van der Waals surface area contributed by atoms with Gasteiger partial charge >= 0.3 is 6.09 Å². The average Bonchev–Trinajstić information content (AvgIpc) is 2.38. The third kappa shape index (κ3) is 6.09. The van der Waals surface area contributed by atoms with Crippen LogP contribution in [0.2, 0.25) is 0 Å². The Morgan fingerprint density at radius 3 is 2.83 bits per heavy atom. The van der Waals surface area contributed by atoms with Crippen LogP contribution in [-0.2, 0) is 11.3 Å². The van der Waals surface area contributed by atoms with Gasteiger partial charge in [-0.25, -0.2) is 4.79 Å². The molecule has 1 N–H and O–H groups in total. The van der Waals surface area contributed by atoms with Crippen LogP contribution in [0.1, 0.15) is 31.7 Å². The second-order valence-electron chi connectivity index (χ2n) is 4.33. The fourth-order valence-corrected chi connectivity index (χ4v) is 1.61. The van der Waals surface area contributed by atoms with Gasteiger partial charge in [0.1, 0.15) is 6.61 Å². The third-order valence-corrected chi connectivity index (χ3v) is 2.62. The molecule has 1 amide bonds. The first kappa shape index (κ1) is 14.3. The van der Waals surface area contributed by atoms with Gasteiger partial charge in [-0.1, -0.05) is 36.4 Å². The van der Waals surface area contributed by atoms with E-state index < -0.39 is 0 Å². The SMILES string of the molecule is C=CCCCC(C)NC(=O)OCc1ccccc1. The van der Waals surface area contributed by atoms with Crippen molar-refractivity contribution in [1.29, 1.82) is 0 Å². The van der Waals surface area contributed by atoms with E-state index in [4.69, 9.17) is 4.74 Å². The van der Waals surface area contributed by atoms with Crippen LogP contribution < -0.4 is 5.32 Å². The molecule has 0 aliphatic heterocycles. The van der Waals surface area contributed by atoms with E-state index in [1.54, 1.807) is 0 Å². The minimum Gasteiger partial charge on any atom is -0.445 e. The predicted octanol–water partition coefficient (Wildman–Crippen LogP) is 3.66. The van der Waals surface area contributed by atoms with Crippen molar-refractivity contribution in [3.63, 3.8) is 0 Å². The van der Waals surface area contributed by atoms with Crippen LogP contribution >= 0.6 is 0 Å². The molecule has 1 aromatic carbocycles. The molecule has 0 aliphatic rings. The number of amides is 1. The maximum Gasteiger partial charge on any atom is 0.407 e. The van der Waals surface area contributed by atoms with Gasteiger partial charge in [-0.3, -0.25) is 0 Å². The molecule has 0 aliphatic carbocycles. The predicted molar refractivity (Wildman–Crippen MR) is 73.3 cm³/mol. The summed E-state index contributed by atoms with van der Waals surface area (Å²) in [6, 6.07) is 9.78. The van der Waals surface area contributed by atoms with Crippen LogP contribution in [0.25, 0.3) is 0 Å². The molecule has 3 nitrogen and oxygen atoms in total. The molecule has 0 fully saturated rings. The van der Waals surface area contributed by atoms with Crippen LogP contribution in [0, 0.1) is 0 Å². The lowest BCUT2D eigenvalue weighted by molar-refractivity contribution is 0.136. The van der Waals surface area contributed by atoms with Gasteiger partial charge in [-0.2, -0.15) is 0 Å². The van der Waals surface area contributed by atoms with Crippen molar-refractivity contribution in [3.05, 3.63) is 48.6 Å². The number of unbranched alkanes of at least 4 members (excludes halogenated alkanes) is 1. The molecule has 18 heavy (non-hydrogen) atoms. The first-order valence-electron chi connectivity index (χ1n) is 6.30. The molecule has 1 aromatic rings. The van der Waals surface area contributed by atoms with Crippen LogP contribution in [0.3, 0.4) is 0 Å². The normalized spacial score (nSPS) is 11.6. The van der Waals surface area contributed by atoms with Gasteiger partial charge < -0.3 is 10.1 Å². The second kappa shape index (κ2) is 8.34. The minimum absolute atomic E-state index is 0.133. The van der Waals surface area contributed by atoms with Crippen LogP contribution in [-0.4, -0.2) is 12.1 Å². The third-order valence-electron chi connectivity index (χ3n) is 2.62. The van der Waals surface area contributed by atoms with Crippen LogP contribution in [0.15, 0.2) is 43.0 Å². The maximum absolute atomic E-state index is 11.5. The van der Waals surface area contributed by atoms with E-state index in [1.807, 2.05) is 43.3 Å². The fraction of sp³-hybridized carbons (Fsp3) is 0.400. The molecule has 0 aromatic heterocycles. The molecular weight excluding hydrogens is 226 g/mol. The highest BCUT2D eigenvalue weighted by atomic mass is 16.5. The summed E-state index contributed by atoms with van der Waals surface area (Å²) in [5.74, 6) is 0. The topological polar surface area (TPSA) is 38.3 Å². The first-order chi connectivity index (χ1) is 8.72. The fourth-order valence-electron chi connectivity index (χ4n) is 1.61. The van der Waals surface area contributed by atoms with Crippen molar-refractivity contribution in [2.45, 2.75) is 38.8 Å². The van der Waals surface area contributed by atoms with Gasteiger partial charge in [0.05, 0.1) is 0 Å². The number of rotatable bonds is 7. The lowest BCUT2D eigenvalue weighted by atomic mass is 10.1. The molecule has 0 saturated heterocycles. The van der Waals surface area contributed by atoms with Crippen molar-refractivity contribution in [3.8, 4) is 0 Å². The molecule has 1 rings (SSSR count). The zero-order chi connectivity index (χ0) is 13.2. The Bertz CT molecular complexity index is 362. The van der Waals surface area contributed by atoms with Crippen molar-refractivity contribution < 1.29 is 9.53 Å². The van der Waals surface area contributed by atoms with E-state index in [9.17, 15) is 4.79 Å². The summed E-state index contributed by atoms with van der Waals surface area (Å²) in [5.41, 5.74) is 0.993. The summed E-state index contributed by atoms with van der Waals surface area (Å²) >= 11 is 0. The van der Waals surface area contributed by atoms with Gasteiger partial charge in [0.25, 0.3) is 0 Å². The number of hydrogen-bond donors (Lipinski definition) is 1. The Kier molecular flexibility index (Phi) is 6.62. The van der Waals surface area contributed by atoms with E-state index in [0.29, 0.717) is 6.61 Å². The smallest absolute Gasteiger partial charge is 0.407 e. The number of carbonyl (C=O) groups excluding carboxylic acids is 1. The second-order valence-corrected chi connectivity index (χ2v) is 4.33. The monoisotopic (exact) mass is 247 g/mol. The van der Waals surface area contributed by atoms with Gasteiger partial charge in [0.15, 0.2) is 0 Å². The number of ether oxygens (including phenoxy) is 1. The number of carbonyl (C=O) groups is 1. The zero-order valence-corrected chi connectivity index (χ0v) is 10.9. The zero-order valence-electron chi connectivity index (χ0n) is 10.9. The van der Waals surface area contributed by atoms with E-state index in [1.165, 1.54) is 0 Å². The highest BCUT2D eigenvalue weighted by Crippen LogP contribution is 2.03. The van der Waals surface area contributed by atoms with Crippen LogP contribution in [0.4, 0.5) is 4.79 Å². The Hall–Kier alpha value is -1.77. The van der Waals surface area contributed by atoms with Gasteiger partial charge in [-0.05, 0) is 31.7 Å². The molecule has 1 unspecified atom stereocenters. The lowest BCUT2D eigenvalue weighted by Crippen LogP contribution is -2.32. The average molecular weight is 247 g/mol. The summed E-state index contributed by atoms with van der Waals surface area (Å²) in [6.07, 6.45) is 4.48. The van der Waals surface area contributed by atoms with E-state index in [-0.39, 0.29) is 12.1 Å². The Morgan fingerprint density at radius 2 is 2.17 bits per heavy atom. The Labute approximate surface area is 109 Å². The summed E-state index contributed by atoms with van der Waals surface area (Å²) in [5, 5.41) is 2.81. The minimum atomic E-state index is -0.357. The highest BCUT2D eigenvalue weighted by molar-refractivity contribution is 5.67. The van der Waals surface area contributed by atoms with Crippen molar-refractivity contribution >= 4 is 6.09 Å². The summed E-state index contributed by atoms with van der Waals surface area (Å²) in [6.45, 7) is 5.96. The van der Waals surface area contributed by atoms with Crippen molar-refractivity contribution in [2.24, 2.45) is 0 Å². The first-order valence-corrected chi connectivity index (χ1v) is 6.30. The van der Waals surface area contributed by atoms with Crippen molar-refractivity contribution in [2.75, 3.05) is 0 Å². The standard InChI is InChI=1S/C15H21NO2/c1-3-4-6-9-13(2)16-15(17)18-12-14-10-7-5-8-11-14/h3,5,7-8,10-11,13H,1,4,6,9,12H2,2H3,(H,16,17). The lowest BCUT2D eigenvalue weighted by Gasteiger charge is -2.13. The van der Waals surface area contributed by atoms with E-state index in [0.717, 1.165) is 24.8 Å². The number of allylic oxidation sites excluding steroid dienone is 1. The number of nitrogens with one attached hydrogen (secondary N) is 1.